The van der Waals surface area contributed by atoms with Crippen molar-refractivity contribution in [2.24, 2.45) is 0 Å². The third-order valence-electron chi connectivity index (χ3n) is 5.03. The number of phenolic OH excluding ortho intramolecular Hbond substituents is 1. The van der Waals surface area contributed by atoms with Crippen LogP contribution in [0, 0.1) is 0 Å². The Morgan fingerprint density at radius 3 is 2.48 bits per heavy atom. The first-order valence-electron chi connectivity index (χ1n) is 9.93. The Morgan fingerprint density at radius 2 is 1.77 bits per heavy atom. The third kappa shape index (κ3) is 4.49. The number of para-hydroxylation sites is 1. The number of aromatic hydroxyl groups is 1. The van der Waals surface area contributed by atoms with E-state index in [0.29, 0.717) is 12.2 Å². The maximum absolute atomic E-state index is 10.8. The zero-order valence-electron chi connectivity index (χ0n) is 17.3. The summed E-state index contributed by atoms with van der Waals surface area (Å²) >= 11 is 1.58. The van der Waals surface area contributed by atoms with Crippen LogP contribution in [0.15, 0.2) is 66.7 Å². The van der Waals surface area contributed by atoms with Gasteiger partial charge in [0.25, 0.3) is 0 Å². The fourth-order valence-corrected chi connectivity index (χ4v) is 4.69. The lowest BCUT2D eigenvalue weighted by Gasteiger charge is -2.17. The molecular weight excluding hydrogens is 410 g/mol. The average molecular weight is 434 g/mol. The smallest absolute Gasteiger partial charge is 0.303 e. The summed E-state index contributed by atoms with van der Waals surface area (Å²) in [5, 5.41) is 19.8. The summed E-state index contributed by atoms with van der Waals surface area (Å²) in [6.07, 6.45) is 0.585. The molecule has 0 aliphatic rings. The summed E-state index contributed by atoms with van der Waals surface area (Å²) in [5.74, 6) is 0.830. The highest BCUT2D eigenvalue weighted by molar-refractivity contribution is 7.22. The number of anilines is 1. The minimum atomic E-state index is -0.808. The Balaban J connectivity index is 1.77. The molecule has 31 heavy (non-hydrogen) atoms. The minimum absolute atomic E-state index is 0.102. The van der Waals surface area contributed by atoms with E-state index in [-0.39, 0.29) is 12.2 Å². The van der Waals surface area contributed by atoms with Crippen LogP contribution >= 0.6 is 11.3 Å². The van der Waals surface area contributed by atoms with Gasteiger partial charge in [0.1, 0.15) is 11.5 Å². The molecule has 0 unspecified atom stereocenters. The number of aryl methyl sites for hydroxylation is 1. The molecule has 1 heterocycles. The number of carboxylic acid groups (broad SMARTS) is 1. The molecule has 0 saturated heterocycles. The molecule has 4 rings (SSSR count). The second kappa shape index (κ2) is 8.70. The van der Waals surface area contributed by atoms with Crippen LogP contribution in [0.5, 0.6) is 17.2 Å². The number of hydrogen-bond acceptors (Lipinski definition) is 5. The molecular formula is C25H23NO4S. The van der Waals surface area contributed by atoms with Crippen molar-refractivity contribution in [2.75, 3.05) is 19.0 Å². The highest BCUT2D eigenvalue weighted by Crippen LogP contribution is 2.49. The predicted octanol–water partition coefficient (Wildman–Crippen LogP) is 6.15. The van der Waals surface area contributed by atoms with Crippen molar-refractivity contribution in [1.29, 1.82) is 0 Å². The van der Waals surface area contributed by atoms with Gasteiger partial charge in [0.15, 0.2) is 5.75 Å². The summed E-state index contributed by atoms with van der Waals surface area (Å²) < 4.78 is 7.31. The lowest BCUT2D eigenvalue weighted by atomic mass is 10.1. The number of phenols is 1. The topological polar surface area (TPSA) is 70.0 Å². The molecule has 0 aliphatic heterocycles. The number of fused-ring (bicyclic) bond motifs is 1. The Morgan fingerprint density at radius 1 is 1.03 bits per heavy atom. The molecule has 0 bridgehead atoms. The maximum Gasteiger partial charge on any atom is 0.303 e. The minimum Gasteiger partial charge on any atom is -0.508 e. The number of thiophene rings is 1. The number of nitrogens with zero attached hydrogens (tertiary/aromatic N) is 1. The summed E-state index contributed by atoms with van der Waals surface area (Å²) in [4.78, 5) is 13.9. The summed E-state index contributed by atoms with van der Waals surface area (Å²) in [6, 6.07) is 21.0. The van der Waals surface area contributed by atoms with E-state index in [2.05, 4.69) is 17.0 Å². The van der Waals surface area contributed by atoms with Crippen LogP contribution in [0.1, 0.15) is 12.0 Å². The maximum atomic E-state index is 10.8. The fraction of sp³-hybridized carbons (Fsp3) is 0.160. The molecule has 0 fully saturated rings. The third-order valence-corrected chi connectivity index (χ3v) is 6.20. The monoisotopic (exact) mass is 433 g/mol. The van der Waals surface area contributed by atoms with E-state index in [4.69, 9.17) is 9.84 Å². The fourth-order valence-electron chi connectivity index (χ4n) is 3.49. The van der Waals surface area contributed by atoms with E-state index in [1.807, 2.05) is 56.6 Å². The van der Waals surface area contributed by atoms with Gasteiger partial charge in [0.05, 0.1) is 4.88 Å². The van der Waals surface area contributed by atoms with Gasteiger partial charge in [-0.05, 0) is 48.4 Å². The van der Waals surface area contributed by atoms with E-state index in [1.165, 1.54) is 0 Å². The normalized spacial score (nSPS) is 10.9. The standard InChI is InChI=1S/C25H23NO4S/c1-26(2)21-6-4-3-5-19(21)25-24(20-13-10-17(27)15-22(20)31-25)30-18-11-7-16(8-12-18)9-14-23(28)29/h3-8,10-13,15,27H,9,14H2,1-2H3,(H,28,29). The van der Waals surface area contributed by atoms with Crippen molar-refractivity contribution in [2.45, 2.75) is 12.8 Å². The molecule has 0 amide bonds. The van der Waals surface area contributed by atoms with E-state index in [1.54, 1.807) is 23.5 Å². The number of carboxylic acids is 1. The van der Waals surface area contributed by atoms with Crippen LogP contribution in [0.3, 0.4) is 0 Å². The van der Waals surface area contributed by atoms with Crippen LogP contribution in [-0.2, 0) is 11.2 Å². The highest BCUT2D eigenvalue weighted by Gasteiger charge is 2.19. The lowest BCUT2D eigenvalue weighted by Crippen LogP contribution is -2.09. The van der Waals surface area contributed by atoms with Gasteiger partial charge >= 0.3 is 5.97 Å². The molecule has 0 saturated carbocycles. The van der Waals surface area contributed by atoms with Gasteiger partial charge in [-0.2, -0.15) is 0 Å². The van der Waals surface area contributed by atoms with Crippen LogP contribution in [0.2, 0.25) is 0 Å². The van der Waals surface area contributed by atoms with E-state index in [0.717, 1.165) is 37.5 Å². The largest absolute Gasteiger partial charge is 0.508 e. The zero-order valence-corrected chi connectivity index (χ0v) is 18.1. The SMILES string of the molecule is CN(C)c1ccccc1-c1sc2cc(O)ccc2c1Oc1ccc(CCC(=O)O)cc1. The molecule has 3 aromatic carbocycles. The van der Waals surface area contributed by atoms with Crippen LogP contribution in [-0.4, -0.2) is 30.3 Å². The molecule has 1 aromatic heterocycles. The van der Waals surface area contributed by atoms with Crippen molar-refractivity contribution in [1.82, 2.24) is 0 Å². The number of hydrogen-bond donors (Lipinski definition) is 2. The molecule has 6 heteroatoms. The molecule has 4 aromatic rings. The molecule has 5 nitrogen and oxygen atoms in total. The molecule has 0 atom stereocenters. The van der Waals surface area contributed by atoms with Crippen molar-refractivity contribution < 1.29 is 19.7 Å². The van der Waals surface area contributed by atoms with Gasteiger partial charge in [-0.1, -0.05) is 30.3 Å². The Kier molecular flexibility index (Phi) is 5.82. The van der Waals surface area contributed by atoms with Gasteiger partial charge in [0, 0.05) is 41.9 Å². The van der Waals surface area contributed by atoms with Crippen LogP contribution in [0.4, 0.5) is 5.69 Å². The van der Waals surface area contributed by atoms with E-state index >= 15 is 0 Å². The second-order valence-electron chi connectivity index (χ2n) is 7.49. The Hall–Kier alpha value is -3.51. The molecule has 2 N–H and O–H groups in total. The van der Waals surface area contributed by atoms with Gasteiger partial charge in [0.2, 0.25) is 0 Å². The summed E-state index contributed by atoms with van der Waals surface area (Å²) in [6.45, 7) is 0. The second-order valence-corrected chi connectivity index (χ2v) is 8.54. The van der Waals surface area contributed by atoms with E-state index in [9.17, 15) is 9.90 Å². The number of aliphatic carboxylic acids is 1. The average Bonchev–Trinajstić information content (AvgIpc) is 3.10. The number of rotatable bonds is 7. The van der Waals surface area contributed by atoms with Gasteiger partial charge in [-0.25, -0.2) is 0 Å². The van der Waals surface area contributed by atoms with Crippen LogP contribution < -0.4 is 9.64 Å². The first-order chi connectivity index (χ1) is 14.9. The molecule has 158 valence electrons. The Labute approximate surface area is 184 Å². The Bertz CT molecular complexity index is 1230. The predicted molar refractivity (Wildman–Crippen MR) is 126 cm³/mol. The first kappa shape index (κ1) is 20.8. The molecule has 0 aliphatic carbocycles. The number of carbonyl (C=O) groups is 1. The van der Waals surface area contributed by atoms with Crippen molar-refractivity contribution in [3.05, 3.63) is 72.3 Å². The van der Waals surface area contributed by atoms with Crippen molar-refractivity contribution in [3.8, 4) is 27.7 Å². The van der Waals surface area contributed by atoms with Crippen molar-refractivity contribution in [3.63, 3.8) is 0 Å². The first-order valence-corrected chi connectivity index (χ1v) is 10.7. The highest BCUT2D eigenvalue weighted by atomic mass is 32.1. The molecule has 0 spiro atoms. The van der Waals surface area contributed by atoms with Gasteiger partial charge < -0.3 is 19.8 Å². The molecule has 0 radical (unpaired) electrons. The zero-order chi connectivity index (χ0) is 22.0. The van der Waals surface area contributed by atoms with Gasteiger partial charge in [-0.15, -0.1) is 11.3 Å². The number of ether oxygens (including phenoxy) is 1. The summed E-state index contributed by atoms with van der Waals surface area (Å²) in [5.41, 5.74) is 3.08. The quantitative estimate of drug-likeness (QED) is 0.366. The van der Waals surface area contributed by atoms with Crippen molar-refractivity contribution >= 4 is 33.1 Å². The lowest BCUT2D eigenvalue weighted by molar-refractivity contribution is -0.136. The number of benzene rings is 3. The van der Waals surface area contributed by atoms with E-state index < -0.39 is 5.97 Å². The summed E-state index contributed by atoms with van der Waals surface area (Å²) in [7, 11) is 4.02. The van der Waals surface area contributed by atoms with Crippen LogP contribution in [0.25, 0.3) is 20.5 Å². The van der Waals surface area contributed by atoms with Gasteiger partial charge in [-0.3, -0.25) is 4.79 Å².